The van der Waals surface area contributed by atoms with Gasteiger partial charge in [0.1, 0.15) is 6.04 Å². The molecule has 1 unspecified atom stereocenters. The predicted octanol–water partition coefficient (Wildman–Crippen LogP) is 2.73. The lowest BCUT2D eigenvalue weighted by molar-refractivity contribution is -0.155. The molecule has 0 aliphatic carbocycles. The minimum atomic E-state index is -0.422. The number of nitrogens with zero attached hydrogens (tertiary/aromatic N) is 1. The van der Waals surface area contributed by atoms with Crippen LogP contribution in [-0.4, -0.2) is 36.5 Å². The molecule has 0 spiro atoms. The van der Waals surface area contributed by atoms with E-state index in [1.54, 1.807) is 4.90 Å². The third-order valence-corrected chi connectivity index (χ3v) is 4.17. The third-order valence-electron chi connectivity index (χ3n) is 4.17. The van der Waals surface area contributed by atoms with Gasteiger partial charge in [-0.25, -0.2) is 4.79 Å². The van der Waals surface area contributed by atoms with Gasteiger partial charge in [-0.05, 0) is 31.2 Å². The Bertz CT molecular complexity index is 486. The van der Waals surface area contributed by atoms with Crippen molar-refractivity contribution in [2.75, 3.05) is 13.7 Å². The van der Waals surface area contributed by atoms with Crippen molar-refractivity contribution in [2.24, 2.45) is 0 Å². The Morgan fingerprint density at radius 1 is 1.29 bits per heavy atom. The number of carbonyl (C=O) groups is 2. The molecule has 21 heavy (non-hydrogen) atoms. The van der Waals surface area contributed by atoms with Crippen LogP contribution in [0.25, 0.3) is 0 Å². The molecule has 1 aliphatic heterocycles. The van der Waals surface area contributed by atoms with E-state index in [0.29, 0.717) is 13.0 Å². The van der Waals surface area contributed by atoms with Crippen molar-refractivity contribution in [1.82, 2.24) is 4.90 Å². The van der Waals surface area contributed by atoms with Crippen LogP contribution >= 0.6 is 0 Å². The van der Waals surface area contributed by atoms with Crippen LogP contribution in [0.3, 0.4) is 0 Å². The Labute approximate surface area is 126 Å². The van der Waals surface area contributed by atoms with Crippen LogP contribution in [0.5, 0.6) is 0 Å². The molecule has 4 nitrogen and oxygen atoms in total. The van der Waals surface area contributed by atoms with Gasteiger partial charge in [0.2, 0.25) is 5.91 Å². The smallest absolute Gasteiger partial charge is 0.328 e. The van der Waals surface area contributed by atoms with E-state index in [4.69, 9.17) is 4.74 Å². The van der Waals surface area contributed by atoms with Crippen molar-refractivity contribution in [3.05, 3.63) is 35.9 Å². The van der Waals surface area contributed by atoms with Gasteiger partial charge in [0.05, 0.1) is 13.0 Å². The SMILES string of the molecule is CCC(C(=O)N1CCCC[C@@H]1C(=O)OC)c1ccccc1. The van der Waals surface area contributed by atoms with E-state index < -0.39 is 6.04 Å². The van der Waals surface area contributed by atoms with Crippen LogP contribution in [0.2, 0.25) is 0 Å². The largest absolute Gasteiger partial charge is 0.467 e. The minimum Gasteiger partial charge on any atom is -0.467 e. The van der Waals surface area contributed by atoms with Gasteiger partial charge in [0.15, 0.2) is 0 Å². The van der Waals surface area contributed by atoms with E-state index in [2.05, 4.69) is 0 Å². The zero-order chi connectivity index (χ0) is 15.2. The highest BCUT2D eigenvalue weighted by molar-refractivity contribution is 5.88. The first-order chi connectivity index (χ1) is 10.2. The average molecular weight is 289 g/mol. The van der Waals surface area contributed by atoms with Gasteiger partial charge < -0.3 is 9.64 Å². The number of esters is 1. The quantitative estimate of drug-likeness (QED) is 0.801. The molecule has 1 aromatic carbocycles. The molecule has 114 valence electrons. The number of hydrogen-bond donors (Lipinski definition) is 0. The highest BCUT2D eigenvalue weighted by Crippen LogP contribution is 2.27. The van der Waals surface area contributed by atoms with Crippen LogP contribution in [-0.2, 0) is 14.3 Å². The summed E-state index contributed by atoms with van der Waals surface area (Å²) in [5, 5.41) is 0. The van der Waals surface area contributed by atoms with Crippen LogP contribution in [0.1, 0.15) is 44.1 Å². The first-order valence-corrected chi connectivity index (χ1v) is 7.62. The fourth-order valence-electron chi connectivity index (χ4n) is 3.01. The van der Waals surface area contributed by atoms with Crippen molar-refractivity contribution in [1.29, 1.82) is 0 Å². The van der Waals surface area contributed by atoms with Crippen LogP contribution < -0.4 is 0 Å². The standard InChI is InChI=1S/C17H23NO3/c1-3-14(13-9-5-4-6-10-13)16(19)18-12-8-7-11-15(18)17(20)21-2/h4-6,9-10,14-15H,3,7-8,11-12H2,1-2H3/t14?,15-/m1/s1. The summed E-state index contributed by atoms with van der Waals surface area (Å²) in [5.74, 6) is -0.443. The van der Waals surface area contributed by atoms with Gasteiger partial charge >= 0.3 is 5.97 Å². The Balaban J connectivity index is 2.21. The maximum Gasteiger partial charge on any atom is 0.328 e. The van der Waals surface area contributed by atoms with Crippen molar-refractivity contribution >= 4 is 11.9 Å². The Morgan fingerprint density at radius 3 is 2.62 bits per heavy atom. The molecule has 0 bridgehead atoms. The van der Waals surface area contributed by atoms with E-state index in [1.807, 2.05) is 37.3 Å². The summed E-state index contributed by atoms with van der Waals surface area (Å²) in [5.41, 5.74) is 1.01. The molecule has 4 heteroatoms. The molecule has 1 heterocycles. The number of carbonyl (C=O) groups excluding carboxylic acids is 2. The van der Waals surface area contributed by atoms with E-state index in [9.17, 15) is 9.59 Å². The summed E-state index contributed by atoms with van der Waals surface area (Å²) >= 11 is 0. The molecule has 1 saturated heterocycles. The lowest BCUT2D eigenvalue weighted by atomic mass is 9.92. The number of rotatable bonds is 4. The number of amides is 1. The summed E-state index contributed by atoms with van der Waals surface area (Å²) in [6, 6.07) is 9.36. The molecular formula is C17H23NO3. The van der Waals surface area contributed by atoms with Gasteiger partial charge in [-0.2, -0.15) is 0 Å². The highest BCUT2D eigenvalue weighted by Gasteiger charge is 2.35. The van der Waals surface area contributed by atoms with E-state index in [-0.39, 0.29) is 17.8 Å². The molecule has 0 aromatic heterocycles. The molecule has 1 amide bonds. The molecule has 2 rings (SSSR count). The maximum absolute atomic E-state index is 12.9. The fourth-order valence-corrected chi connectivity index (χ4v) is 3.01. The van der Waals surface area contributed by atoms with Gasteiger partial charge in [-0.1, -0.05) is 37.3 Å². The lowest BCUT2D eigenvalue weighted by Gasteiger charge is -2.36. The van der Waals surface area contributed by atoms with E-state index in [1.165, 1.54) is 7.11 Å². The van der Waals surface area contributed by atoms with Crippen molar-refractivity contribution in [3.8, 4) is 0 Å². The summed E-state index contributed by atoms with van der Waals surface area (Å²) in [6.45, 7) is 2.65. The number of likely N-dealkylation sites (tertiary alicyclic amines) is 1. The van der Waals surface area contributed by atoms with Crippen molar-refractivity contribution in [2.45, 2.75) is 44.6 Å². The summed E-state index contributed by atoms with van der Waals surface area (Å²) in [6.07, 6.45) is 3.34. The third kappa shape index (κ3) is 3.43. The molecule has 1 aromatic rings. The van der Waals surface area contributed by atoms with Gasteiger partial charge in [-0.15, -0.1) is 0 Å². The Kier molecular flexibility index (Phi) is 5.37. The van der Waals surface area contributed by atoms with E-state index in [0.717, 1.165) is 24.8 Å². The van der Waals surface area contributed by atoms with Crippen LogP contribution in [0.4, 0.5) is 0 Å². The molecule has 2 atom stereocenters. The fraction of sp³-hybridized carbons (Fsp3) is 0.529. The van der Waals surface area contributed by atoms with Crippen LogP contribution in [0.15, 0.2) is 30.3 Å². The molecular weight excluding hydrogens is 266 g/mol. The normalized spacial score (nSPS) is 19.9. The highest BCUT2D eigenvalue weighted by atomic mass is 16.5. The van der Waals surface area contributed by atoms with Crippen LogP contribution in [0, 0.1) is 0 Å². The Morgan fingerprint density at radius 2 is 2.00 bits per heavy atom. The Hall–Kier alpha value is -1.84. The first kappa shape index (κ1) is 15.5. The topological polar surface area (TPSA) is 46.6 Å². The number of ether oxygens (including phenoxy) is 1. The number of piperidine rings is 1. The maximum atomic E-state index is 12.9. The second-order valence-electron chi connectivity index (χ2n) is 5.44. The zero-order valence-electron chi connectivity index (χ0n) is 12.7. The first-order valence-electron chi connectivity index (χ1n) is 7.62. The molecule has 0 saturated carbocycles. The number of methoxy groups -OCH3 is 1. The number of hydrogen-bond acceptors (Lipinski definition) is 3. The summed E-state index contributed by atoms with van der Waals surface area (Å²) < 4.78 is 4.86. The second-order valence-corrected chi connectivity index (χ2v) is 5.44. The average Bonchev–Trinajstić information content (AvgIpc) is 2.55. The molecule has 0 N–H and O–H groups in total. The molecule has 1 fully saturated rings. The lowest BCUT2D eigenvalue weighted by Crippen LogP contribution is -2.50. The second kappa shape index (κ2) is 7.25. The molecule has 0 radical (unpaired) electrons. The zero-order valence-corrected chi connectivity index (χ0v) is 12.7. The van der Waals surface area contributed by atoms with Gasteiger partial charge in [-0.3, -0.25) is 4.79 Å². The summed E-state index contributed by atoms with van der Waals surface area (Å²) in [4.78, 5) is 26.5. The van der Waals surface area contributed by atoms with Crippen molar-refractivity contribution < 1.29 is 14.3 Å². The monoisotopic (exact) mass is 289 g/mol. The minimum absolute atomic E-state index is 0.0406. The van der Waals surface area contributed by atoms with Gasteiger partial charge in [0.25, 0.3) is 0 Å². The van der Waals surface area contributed by atoms with Crippen molar-refractivity contribution in [3.63, 3.8) is 0 Å². The number of benzene rings is 1. The van der Waals surface area contributed by atoms with E-state index >= 15 is 0 Å². The predicted molar refractivity (Wildman–Crippen MR) is 80.8 cm³/mol. The molecule has 1 aliphatic rings. The van der Waals surface area contributed by atoms with Gasteiger partial charge in [0, 0.05) is 6.54 Å². The summed E-state index contributed by atoms with van der Waals surface area (Å²) in [7, 11) is 1.38.